The lowest BCUT2D eigenvalue weighted by Crippen LogP contribution is -2.44. The Morgan fingerprint density at radius 1 is 0.880 bits per heavy atom. The number of rotatable bonds is 4. The van der Waals surface area contributed by atoms with Crippen LogP contribution in [0.15, 0.2) is 83.3 Å². The number of benzene rings is 3. The van der Waals surface area contributed by atoms with Gasteiger partial charge in [0.1, 0.15) is 5.54 Å². The molecule has 0 radical (unpaired) electrons. The van der Waals surface area contributed by atoms with E-state index in [1.807, 2.05) is 78.9 Å². The van der Waals surface area contributed by atoms with Crippen molar-refractivity contribution < 1.29 is 4.79 Å². The van der Waals surface area contributed by atoms with E-state index in [0.717, 1.165) is 27.0 Å². The molecule has 0 aliphatic carbocycles. The van der Waals surface area contributed by atoms with Gasteiger partial charge in [0.2, 0.25) is 0 Å². The van der Waals surface area contributed by atoms with Gasteiger partial charge in [-0.25, -0.2) is 0 Å². The fourth-order valence-corrected chi connectivity index (χ4v) is 3.78. The van der Waals surface area contributed by atoms with E-state index in [9.17, 15) is 4.79 Å². The number of hydrogen-bond donors (Lipinski definition) is 2. The van der Waals surface area contributed by atoms with Gasteiger partial charge in [0.05, 0.1) is 0 Å². The lowest BCUT2D eigenvalue weighted by molar-refractivity contribution is -0.119. The Hall–Kier alpha value is -2.59. The molecule has 1 heterocycles. The predicted octanol–water partition coefficient (Wildman–Crippen LogP) is 4.95. The molecule has 0 unspecified atom stereocenters. The number of nitrogens with one attached hydrogen (secondary N) is 2. The van der Waals surface area contributed by atoms with Crippen LogP contribution in [0.5, 0.6) is 0 Å². The van der Waals surface area contributed by atoms with E-state index < -0.39 is 5.54 Å². The summed E-state index contributed by atoms with van der Waals surface area (Å²) in [6.07, 6.45) is 0.548. The molecule has 1 amide bonds. The second-order valence-corrected chi connectivity index (χ2v) is 7.02. The van der Waals surface area contributed by atoms with Gasteiger partial charge in [-0.2, -0.15) is 0 Å². The van der Waals surface area contributed by atoms with Crippen molar-refractivity contribution in [3.8, 4) is 0 Å². The van der Waals surface area contributed by atoms with Crippen LogP contribution in [0.4, 0.5) is 11.4 Å². The third-order valence-electron chi connectivity index (χ3n) is 4.57. The largest absolute Gasteiger partial charge is 0.367 e. The molecule has 0 saturated heterocycles. The molecule has 1 atom stereocenters. The van der Waals surface area contributed by atoms with Crippen molar-refractivity contribution >= 4 is 33.2 Å². The predicted molar refractivity (Wildman–Crippen MR) is 105 cm³/mol. The van der Waals surface area contributed by atoms with Gasteiger partial charge in [-0.3, -0.25) is 4.79 Å². The Labute approximate surface area is 155 Å². The zero-order valence-electron chi connectivity index (χ0n) is 13.5. The molecule has 124 valence electrons. The third kappa shape index (κ3) is 2.83. The molecule has 0 fully saturated rings. The molecule has 0 aromatic heterocycles. The first kappa shape index (κ1) is 15.9. The highest BCUT2D eigenvalue weighted by Crippen LogP contribution is 2.41. The maximum atomic E-state index is 13.1. The molecule has 3 aromatic carbocycles. The Balaban J connectivity index is 1.84. The summed E-state index contributed by atoms with van der Waals surface area (Å²) in [5.74, 6) is -0.0340. The second kappa shape index (κ2) is 6.37. The molecule has 4 heteroatoms. The van der Waals surface area contributed by atoms with Crippen molar-refractivity contribution in [3.05, 3.63) is 94.5 Å². The molecule has 25 heavy (non-hydrogen) atoms. The molecular formula is C21H17BrN2O. The first-order chi connectivity index (χ1) is 12.2. The van der Waals surface area contributed by atoms with Gasteiger partial charge in [0, 0.05) is 27.8 Å². The number of fused-ring (bicyclic) bond motifs is 1. The first-order valence-corrected chi connectivity index (χ1v) is 8.96. The first-order valence-electron chi connectivity index (χ1n) is 8.17. The normalized spacial score (nSPS) is 18.5. The van der Waals surface area contributed by atoms with Crippen molar-refractivity contribution in [3.63, 3.8) is 0 Å². The van der Waals surface area contributed by atoms with E-state index in [2.05, 4.69) is 26.6 Å². The summed E-state index contributed by atoms with van der Waals surface area (Å²) in [6.45, 7) is 0. The Morgan fingerprint density at radius 3 is 2.36 bits per heavy atom. The van der Waals surface area contributed by atoms with Crippen LogP contribution in [-0.4, -0.2) is 5.91 Å². The summed E-state index contributed by atoms with van der Waals surface area (Å²) in [7, 11) is 0. The fraction of sp³-hybridized carbons (Fsp3) is 0.0952. The van der Waals surface area contributed by atoms with E-state index >= 15 is 0 Å². The smallest absolute Gasteiger partial charge is 0.255 e. The quantitative estimate of drug-likeness (QED) is 0.659. The highest BCUT2D eigenvalue weighted by molar-refractivity contribution is 9.10. The maximum Gasteiger partial charge on any atom is 0.255 e. The Morgan fingerprint density at radius 2 is 1.56 bits per heavy atom. The van der Waals surface area contributed by atoms with Gasteiger partial charge in [-0.1, -0.05) is 70.5 Å². The number of para-hydroxylation sites is 2. The molecular weight excluding hydrogens is 376 g/mol. The minimum Gasteiger partial charge on any atom is -0.367 e. The monoisotopic (exact) mass is 392 g/mol. The van der Waals surface area contributed by atoms with Crippen LogP contribution in [-0.2, 0) is 16.8 Å². The molecule has 1 aliphatic rings. The van der Waals surface area contributed by atoms with E-state index in [1.165, 1.54) is 0 Å². The minimum absolute atomic E-state index is 0.0340. The van der Waals surface area contributed by atoms with Crippen LogP contribution in [0, 0.1) is 0 Å². The van der Waals surface area contributed by atoms with Crippen LogP contribution in [0.3, 0.4) is 0 Å². The van der Waals surface area contributed by atoms with Crippen molar-refractivity contribution in [2.24, 2.45) is 0 Å². The Kier molecular flexibility index (Phi) is 4.06. The zero-order valence-corrected chi connectivity index (χ0v) is 15.1. The summed E-state index contributed by atoms with van der Waals surface area (Å²) < 4.78 is 1.00. The van der Waals surface area contributed by atoms with Crippen molar-refractivity contribution in [1.29, 1.82) is 0 Å². The van der Waals surface area contributed by atoms with Gasteiger partial charge in [-0.05, 0) is 29.8 Å². The van der Waals surface area contributed by atoms with Gasteiger partial charge in [0.15, 0.2) is 0 Å². The summed E-state index contributed by atoms with van der Waals surface area (Å²) in [4.78, 5) is 13.1. The summed E-state index contributed by atoms with van der Waals surface area (Å²) >= 11 is 3.61. The van der Waals surface area contributed by atoms with Gasteiger partial charge in [-0.15, -0.1) is 0 Å². The van der Waals surface area contributed by atoms with Crippen LogP contribution in [0.1, 0.15) is 11.1 Å². The van der Waals surface area contributed by atoms with Gasteiger partial charge in [0.25, 0.3) is 5.91 Å². The molecule has 2 N–H and O–H groups in total. The average Bonchev–Trinajstić information content (AvgIpc) is 2.90. The average molecular weight is 393 g/mol. The number of amides is 1. The standard InChI is InChI=1S/C21H17BrN2O/c22-18-12-6-4-8-15(18)14-21(24-16-9-2-1-3-10-16)17-11-5-7-13-19(17)23-20(21)25/h1-13,24H,14H2,(H,23,25)/t21-/m1/s1. The van der Waals surface area contributed by atoms with Crippen LogP contribution in [0.25, 0.3) is 0 Å². The number of halogens is 1. The van der Waals surface area contributed by atoms with Crippen molar-refractivity contribution in [2.45, 2.75) is 12.0 Å². The van der Waals surface area contributed by atoms with E-state index in [4.69, 9.17) is 0 Å². The highest BCUT2D eigenvalue weighted by atomic mass is 79.9. The number of anilines is 2. The number of hydrogen-bond acceptors (Lipinski definition) is 2. The van der Waals surface area contributed by atoms with Crippen LogP contribution >= 0.6 is 15.9 Å². The van der Waals surface area contributed by atoms with Gasteiger partial charge < -0.3 is 10.6 Å². The molecule has 0 saturated carbocycles. The number of carbonyl (C=O) groups is 1. The van der Waals surface area contributed by atoms with E-state index in [1.54, 1.807) is 0 Å². The van der Waals surface area contributed by atoms with Crippen molar-refractivity contribution in [2.75, 3.05) is 10.6 Å². The van der Waals surface area contributed by atoms with Gasteiger partial charge >= 0.3 is 0 Å². The SMILES string of the molecule is O=C1Nc2ccccc2[C@@]1(Cc1ccccc1Br)Nc1ccccc1. The second-order valence-electron chi connectivity index (χ2n) is 6.16. The summed E-state index contributed by atoms with van der Waals surface area (Å²) in [6, 6.07) is 25.8. The number of carbonyl (C=O) groups excluding carboxylic acids is 1. The van der Waals surface area contributed by atoms with Crippen molar-refractivity contribution in [1.82, 2.24) is 0 Å². The lowest BCUT2D eigenvalue weighted by Gasteiger charge is -2.30. The summed E-state index contributed by atoms with van der Waals surface area (Å²) in [5, 5.41) is 6.53. The Bertz CT molecular complexity index is 926. The highest BCUT2D eigenvalue weighted by Gasteiger charge is 2.47. The minimum atomic E-state index is -0.845. The molecule has 3 nitrogen and oxygen atoms in total. The van der Waals surface area contributed by atoms with E-state index in [-0.39, 0.29) is 5.91 Å². The zero-order chi connectivity index (χ0) is 17.3. The summed E-state index contributed by atoms with van der Waals surface area (Å²) in [5.41, 5.74) is 2.99. The topological polar surface area (TPSA) is 41.1 Å². The lowest BCUT2D eigenvalue weighted by atomic mass is 9.84. The molecule has 0 spiro atoms. The van der Waals surface area contributed by atoms with E-state index in [0.29, 0.717) is 6.42 Å². The molecule has 0 bridgehead atoms. The fourth-order valence-electron chi connectivity index (χ4n) is 3.35. The molecule has 1 aliphatic heterocycles. The van der Waals surface area contributed by atoms with Crippen LogP contribution < -0.4 is 10.6 Å². The maximum absolute atomic E-state index is 13.1. The molecule has 4 rings (SSSR count). The molecule has 3 aromatic rings. The van der Waals surface area contributed by atoms with Crippen LogP contribution in [0.2, 0.25) is 0 Å². The third-order valence-corrected chi connectivity index (χ3v) is 5.34.